The molecular weight excluding hydrogens is 332 g/mol. The van der Waals surface area contributed by atoms with Crippen molar-refractivity contribution in [2.75, 3.05) is 32.5 Å². The summed E-state index contributed by atoms with van der Waals surface area (Å²) in [5, 5.41) is 10.7. The van der Waals surface area contributed by atoms with Crippen molar-refractivity contribution in [1.29, 1.82) is 0 Å². The first-order valence-corrected chi connectivity index (χ1v) is 9.71. The quantitative estimate of drug-likeness (QED) is 0.763. The van der Waals surface area contributed by atoms with E-state index in [-0.39, 0.29) is 25.6 Å². The molecule has 24 heavy (non-hydrogen) atoms. The largest absolute Gasteiger partial charge is 0.490 e. The minimum absolute atomic E-state index is 0.0845. The van der Waals surface area contributed by atoms with Gasteiger partial charge in [-0.15, -0.1) is 0 Å². The van der Waals surface area contributed by atoms with E-state index in [0.29, 0.717) is 25.1 Å². The molecule has 0 unspecified atom stereocenters. The van der Waals surface area contributed by atoms with Gasteiger partial charge in [0.2, 0.25) is 15.9 Å². The number of hydrogen-bond acceptors (Lipinski definition) is 5. The van der Waals surface area contributed by atoms with Crippen LogP contribution in [0.1, 0.15) is 18.4 Å². The van der Waals surface area contributed by atoms with E-state index in [0.717, 1.165) is 11.8 Å². The molecule has 1 aliphatic rings. The molecule has 1 heterocycles. The van der Waals surface area contributed by atoms with Crippen LogP contribution in [0.4, 0.5) is 0 Å². The third-order valence-electron chi connectivity index (χ3n) is 3.98. The molecule has 1 fully saturated rings. The van der Waals surface area contributed by atoms with E-state index in [1.807, 2.05) is 31.2 Å². The number of β-amino-alcohol motifs (C(OH)–C–C–N with tert-alkyl or cyclic N) is 1. The zero-order valence-electron chi connectivity index (χ0n) is 14.0. The topological polar surface area (TPSA) is 95.9 Å². The molecule has 0 aromatic heterocycles. The van der Waals surface area contributed by atoms with Crippen molar-refractivity contribution in [3.63, 3.8) is 0 Å². The predicted molar refractivity (Wildman–Crippen MR) is 90.3 cm³/mol. The maximum absolute atomic E-state index is 12.1. The lowest BCUT2D eigenvalue weighted by molar-refractivity contribution is -0.138. The summed E-state index contributed by atoms with van der Waals surface area (Å²) in [7, 11) is -3.42. The van der Waals surface area contributed by atoms with Gasteiger partial charge in [-0.2, -0.15) is 0 Å². The van der Waals surface area contributed by atoms with Gasteiger partial charge in [0, 0.05) is 6.54 Å². The Morgan fingerprint density at radius 2 is 2.12 bits per heavy atom. The normalized spacial score (nSPS) is 21.5. The molecule has 0 aliphatic carbocycles. The van der Waals surface area contributed by atoms with Crippen LogP contribution in [-0.4, -0.2) is 62.4 Å². The van der Waals surface area contributed by atoms with Crippen molar-refractivity contribution in [1.82, 2.24) is 9.62 Å². The number of nitrogens with zero attached hydrogens (tertiary/aromatic N) is 1. The van der Waals surface area contributed by atoms with E-state index in [4.69, 9.17) is 4.74 Å². The summed E-state index contributed by atoms with van der Waals surface area (Å²) in [5.41, 5.74) is -0.163. The number of aliphatic hydroxyl groups is 1. The van der Waals surface area contributed by atoms with E-state index >= 15 is 0 Å². The van der Waals surface area contributed by atoms with E-state index in [1.54, 1.807) is 0 Å². The molecule has 1 aromatic carbocycles. The number of benzene rings is 1. The molecular formula is C16H24N2O5S. The zero-order chi connectivity index (χ0) is 17.8. The highest BCUT2D eigenvalue weighted by atomic mass is 32.2. The minimum Gasteiger partial charge on any atom is -0.490 e. The Kier molecular flexibility index (Phi) is 5.84. The van der Waals surface area contributed by atoms with Gasteiger partial charge in [0.1, 0.15) is 18.0 Å². The SMILES string of the molecule is Cc1ccccc1OC[C@@]1(O)CCCN(C(=O)CNS(C)(=O)=O)C1. The van der Waals surface area contributed by atoms with Crippen molar-refractivity contribution >= 4 is 15.9 Å². The molecule has 1 aromatic rings. The molecule has 7 nitrogen and oxygen atoms in total. The van der Waals surface area contributed by atoms with E-state index in [1.165, 1.54) is 4.90 Å². The molecule has 1 aliphatic heterocycles. The van der Waals surface area contributed by atoms with E-state index < -0.39 is 15.6 Å². The second-order valence-corrected chi connectivity index (χ2v) is 8.12. The van der Waals surface area contributed by atoms with Crippen molar-refractivity contribution in [3.05, 3.63) is 29.8 Å². The number of rotatable bonds is 6. The second-order valence-electron chi connectivity index (χ2n) is 6.29. The van der Waals surface area contributed by atoms with Gasteiger partial charge in [0.15, 0.2) is 0 Å². The van der Waals surface area contributed by atoms with Crippen LogP contribution in [0.2, 0.25) is 0 Å². The van der Waals surface area contributed by atoms with Gasteiger partial charge in [-0.25, -0.2) is 13.1 Å². The smallest absolute Gasteiger partial charge is 0.237 e. The van der Waals surface area contributed by atoms with Crippen LogP contribution in [0, 0.1) is 6.92 Å². The fourth-order valence-corrected chi connectivity index (χ4v) is 3.06. The standard InChI is InChI=1S/C16H24N2O5S/c1-13-6-3-4-7-14(13)23-12-16(20)8-5-9-18(11-16)15(19)10-17-24(2,21)22/h3-4,6-7,17,20H,5,8-12H2,1-2H3/t16-/m1/s1. The number of para-hydroxylation sites is 1. The summed E-state index contributed by atoms with van der Waals surface area (Å²) >= 11 is 0. The first-order chi connectivity index (χ1) is 11.2. The Morgan fingerprint density at radius 3 is 2.79 bits per heavy atom. The van der Waals surface area contributed by atoms with Crippen molar-refractivity contribution < 1.29 is 23.1 Å². The zero-order valence-corrected chi connectivity index (χ0v) is 14.8. The molecule has 2 N–H and O–H groups in total. The van der Waals surface area contributed by atoms with Crippen LogP contribution in [0.25, 0.3) is 0 Å². The fourth-order valence-electron chi connectivity index (χ4n) is 2.68. The predicted octanol–water partition coefficient (Wildman–Crippen LogP) is 0.277. The molecule has 2 rings (SSSR count). The van der Waals surface area contributed by atoms with Gasteiger partial charge in [-0.1, -0.05) is 18.2 Å². The molecule has 1 atom stereocenters. The Morgan fingerprint density at radius 1 is 1.42 bits per heavy atom. The molecule has 8 heteroatoms. The Balaban J connectivity index is 1.93. The fraction of sp³-hybridized carbons (Fsp3) is 0.562. The highest BCUT2D eigenvalue weighted by Gasteiger charge is 2.36. The third kappa shape index (κ3) is 5.47. The van der Waals surface area contributed by atoms with E-state index in [9.17, 15) is 18.3 Å². The minimum atomic E-state index is -3.42. The Hall–Kier alpha value is -1.64. The van der Waals surface area contributed by atoms with Gasteiger partial charge in [0.05, 0.1) is 19.3 Å². The monoisotopic (exact) mass is 356 g/mol. The van der Waals surface area contributed by atoms with Crippen LogP contribution < -0.4 is 9.46 Å². The number of likely N-dealkylation sites (tertiary alicyclic amines) is 1. The highest BCUT2D eigenvalue weighted by Crippen LogP contribution is 2.24. The molecule has 0 radical (unpaired) electrons. The number of nitrogens with one attached hydrogen (secondary N) is 1. The molecule has 1 amide bonds. The van der Waals surface area contributed by atoms with Gasteiger partial charge in [-0.05, 0) is 31.4 Å². The lowest BCUT2D eigenvalue weighted by Crippen LogP contribution is -2.55. The Bertz CT molecular complexity index is 691. The van der Waals surface area contributed by atoms with Gasteiger partial charge in [0.25, 0.3) is 0 Å². The first-order valence-electron chi connectivity index (χ1n) is 7.82. The van der Waals surface area contributed by atoms with Crippen LogP contribution in [-0.2, 0) is 14.8 Å². The summed E-state index contributed by atoms with van der Waals surface area (Å²) in [4.78, 5) is 13.6. The number of carbonyl (C=O) groups is 1. The number of carbonyl (C=O) groups excluding carboxylic acids is 1. The number of piperidine rings is 1. The summed E-state index contributed by atoms with van der Waals surface area (Å²) in [6.45, 7) is 2.34. The van der Waals surface area contributed by atoms with Crippen LogP contribution in [0.3, 0.4) is 0 Å². The average Bonchev–Trinajstić information content (AvgIpc) is 2.51. The number of aryl methyl sites for hydroxylation is 1. The molecule has 0 saturated carbocycles. The van der Waals surface area contributed by atoms with Gasteiger partial charge < -0.3 is 14.7 Å². The van der Waals surface area contributed by atoms with Crippen LogP contribution in [0.5, 0.6) is 5.75 Å². The molecule has 0 spiro atoms. The lowest BCUT2D eigenvalue weighted by Gasteiger charge is -2.39. The highest BCUT2D eigenvalue weighted by molar-refractivity contribution is 7.88. The van der Waals surface area contributed by atoms with Crippen LogP contribution >= 0.6 is 0 Å². The third-order valence-corrected chi connectivity index (χ3v) is 4.65. The summed E-state index contributed by atoms with van der Waals surface area (Å²) in [5.74, 6) is 0.350. The van der Waals surface area contributed by atoms with Gasteiger partial charge in [-0.3, -0.25) is 4.79 Å². The number of sulfonamides is 1. The maximum atomic E-state index is 12.1. The van der Waals surface area contributed by atoms with Crippen molar-refractivity contribution in [2.24, 2.45) is 0 Å². The lowest BCUT2D eigenvalue weighted by atomic mass is 9.93. The second kappa shape index (κ2) is 7.50. The molecule has 0 bridgehead atoms. The number of amides is 1. The summed E-state index contributed by atoms with van der Waals surface area (Å²) < 4.78 is 30.1. The van der Waals surface area contributed by atoms with Crippen molar-refractivity contribution in [2.45, 2.75) is 25.4 Å². The van der Waals surface area contributed by atoms with Crippen LogP contribution in [0.15, 0.2) is 24.3 Å². The van der Waals surface area contributed by atoms with E-state index in [2.05, 4.69) is 4.72 Å². The molecule has 1 saturated heterocycles. The maximum Gasteiger partial charge on any atom is 0.237 e. The Labute approximate surface area is 142 Å². The average molecular weight is 356 g/mol. The summed E-state index contributed by atoms with van der Waals surface area (Å²) in [6, 6.07) is 7.53. The number of ether oxygens (including phenoxy) is 1. The first kappa shape index (κ1) is 18.7. The molecule has 134 valence electrons. The summed E-state index contributed by atoms with van der Waals surface area (Å²) in [6.07, 6.45) is 2.17. The van der Waals surface area contributed by atoms with Crippen molar-refractivity contribution in [3.8, 4) is 5.75 Å². The number of hydrogen-bond donors (Lipinski definition) is 2. The van der Waals surface area contributed by atoms with Gasteiger partial charge >= 0.3 is 0 Å².